The van der Waals surface area contributed by atoms with E-state index in [0.717, 1.165) is 5.56 Å². The number of ether oxygens (including phenoxy) is 2. The number of nitrogens with one attached hydrogen (secondary N) is 1. The van der Waals surface area contributed by atoms with Crippen molar-refractivity contribution in [2.75, 3.05) is 25.5 Å². The minimum atomic E-state index is -2.86. The Hall–Kier alpha value is -4.44. The first-order valence-corrected chi connectivity index (χ1v) is 12.5. The topological polar surface area (TPSA) is 114 Å². The fourth-order valence-electron chi connectivity index (χ4n) is 4.74. The number of fused-ring (bicyclic) bond motifs is 1. The van der Waals surface area contributed by atoms with E-state index in [1.54, 1.807) is 18.2 Å². The van der Waals surface area contributed by atoms with Gasteiger partial charge in [0.25, 0.3) is 5.78 Å². The molecule has 9 nitrogen and oxygen atoms in total. The molecule has 10 heteroatoms. The summed E-state index contributed by atoms with van der Waals surface area (Å²) in [6.45, 7) is 2.52. The lowest BCUT2D eigenvalue weighted by atomic mass is 9.98. The van der Waals surface area contributed by atoms with Crippen LogP contribution >= 0.6 is 0 Å². The lowest BCUT2D eigenvalue weighted by molar-refractivity contribution is -0.192. The number of carbonyl (C=O) groups is 2. The van der Waals surface area contributed by atoms with Crippen LogP contribution in [0, 0.1) is 6.92 Å². The van der Waals surface area contributed by atoms with E-state index in [0.29, 0.717) is 54.0 Å². The van der Waals surface area contributed by atoms with Crippen molar-refractivity contribution in [3.63, 3.8) is 0 Å². The molecule has 0 saturated carbocycles. The average molecular weight is 534 g/mol. The van der Waals surface area contributed by atoms with Crippen LogP contribution in [0.3, 0.4) is 0 Å². The van der Waals surface area contributed by atoms with Crippen molar-refractivity contribution >= 4 is 28.5 Å². The summed E-state index contributed by atoms with van der Waals surface area (Å²) in [7, 11) is 1.48. The van der Waals surface area contributed by atoms with E-state index in [1.807, 2.05) is 25.1 Å². The molecule has 4 aromatic rings. The lowest BCUT2D eigenvalue weighted by Crippen LogP contribution is -2.57. The van der Waals surface area contributed by atoms with Crippen LogP contribution in [0.2, 0.25) is 0 Å². The van der Waals surface area contributed by atoms with Crippen LogP contribution in [0.5, 0.6) is 11.5 Å². The van der Waals surface area contributed by atoms with Crippen molar-refractivity contribution in [3.05, 3.63) is 83.7 Å². The second kappa shape index (κ2) is 10.7. The summed E-state index contributed by atoms with van der Waals surface area (Å²) >= 11 is 0. The molecule has 1 aromatic heterocycles. The van der Waals surface area contributed by atoms with Gasteiger partial charge in [-0.25, -0.2) is 14.7 Å². The highest BCUT2D eigenvalue weighted by Crippen LogP contribution is 2.37. The number of aromatic nitrogens is 1. The van der Waals surface area contributed by atoms with E-state index >= 15 is 4.39 Å². The molecule has 2 unspecified atom stereocenters. The van der Waals surface area contributed by atoms with E-state index in [4.69, 9.17) is 13.9 Å². The lowest BCUT2D eigenvalue weighted by Gasteiger charge is -2.36. The molecule has 2 atom stereocenters. The number of carboxylic acids is 1. The number of Topliss-reactive ketones (excluding diaryl/α,β-unsaturated/α-hetero) is 1. The molecule has 0 radical (unpaired) electrons. The number of halogens is 1. The molecule has 3 aromatic carbocycles. The number of hydrogen-bond acceptors (Lipinski definition) is 8. The van der Waals surface area contributed by atoms with Crippen molar-refractivity contribution in [2.45, 2.75) is 31.8 Å². The predicted octanol–water partition coefficient (Wildman–Crippen LogP) is 5.36. The molecule has 1 fully saturated rings. The molecule has 39 heavy (non-hydrogen) atoms. The third-order valence-corrected chi connectivity index (χ3v) is 6.86. The number of carbonyl (C=O) groups excluding carboxylic acids is 1. The molecule has 1 saturated heterocycles. The minimum absolute atomic E-state index is 0.0193. The largest absolute Gasteiger partial charge is 0.494 e. The van der Waals surface area contributed by atoms with Gasteiger partial charge in [0.15, 0.2) is 17.5 Å². The summed E-state index contributed by atoms with van der Waals surface area (Å²) in [5.74, 6) is -4.46. The number of carboxylic acid groups (broad SMARTS) is 1. The Morgan fingerprint density at radius 2 is 1.85 bits per heavy atom. The number of para-hydroxylation sites is 1. The highest BCUT2D eigenvalue weighted by molar-refractivity contribution is 5.95. The summed E-state index contributed by atoms with van der Waals surface area (Å²) in [5, 5.41) is 12.4. The SMILES string of the molecule is COc1cc(C(Nc2ccccc2C)C(=O)C(F)(Oc2ccc(C(=O)O)cc2)N2CCCC2)cc2ocnc12. The predicted molar refractivity (Wildman–Crippen MR) is 142 cm³/mol. The fourth-order valence-corrected chi connectivity index (χ4v) is 4.74. The van der Waals surface area contributed by atoms with E-state index in [2.05, 4.69) is 10.3 Å². The quantitative estimate of drug-likeness (QED) is 0.260. The van der Waals surface area contributed by atoms with Gasteiger partial charge in [0, 0.05) is 18.8 Å². The first-order chi connectivity index (χ1) is 18.8. The van der Waals surface area contributed by atoms with Gasteiger partial charge >= 0.3 is 11.9 Å². The van der Waals surface area contributed by atoms with Crippen molar-refractivity contribution < 1.29 is 33.0 Å². The van der Waals surface area contributed by atoms with Crippen LogP contribution in [0.1, 0.15) is 40.4 Å². The number of hydrogen-bond donors (Lipinski definition) is 2. The zero-order valence-corrected chi connectivity index (χ0v) is 21.5. The maximum atomic E-state index is 17.1. The number of likely N-dealkylation sites (tertiary alicyclic amines) is 1. The van der Waals surface area contributed by atoms with Crippen LogP contribution in [0.15, 0.2) is 71.5 Å². The molecule has 2 heterocycles. The van der Waals surface area contributed by atoms with Gasteiger partial charge in [-0.05, 0) is 73.4 Å². The molecule has 0 bridgehead atoms. The molecule has 202 valence electrons. The standard InChI is InChI=1S/C29H28FN3O6/c1-18-7-3-4-8-22(18)32-25(20-15-23(37-2)26-24(16-20)38-17-31-26)27(34)29(30,33-13-5-6-14-33)39-21-11-9-19(10-12-21)28(35)36/h3-4,7-12,15-17,25,32H,5-6,13-14H2,1-2H3,(H,35,36). The first-order valence-electron chi connectivity index (χ1n) is 12.5. The number of nitrogens with zero attached hydrogens (tertiary/aromatic N) is 2. The molecular formula is C29H28FN3O6. The third-order valence-electron chi connectivity index (χ3n) is 6.86. The Morgan fingerprint density at radius 1 is 1.13 bits per heavy atom. The normalized spacial score (nSPS) is 16.0. The summed E-state index contributed by atoms with van der Waals surface area (Å²) < 4.78 is 33.9. The minimum Gasteiger partial charge on any atom is -0.494 e. The number of oxazole rings is 1. The number of alkyl halides is 1. The zero-order chi connectivity index (χ0) is 27.6. The number of benzene rings is 3. The Balaban J connectivity index is 1.60. The van der Waals surface area contributed by atoms with Gasteiger partial charge < -0.3 is 24.3 Å². The molecule has 5 rings (SSSR count). The number of ketones is 1. The van der Waals surface area contributed by atoms with E-state index < -0.39 is 23.8 Å². The van der Waals surface area contributed by atoms with Crippen LogP contribution < -0.4 is 14.8 Å². The zero-order valence-electron chi connectivity index (χ0n) is 21.5. The second-order valence-corrected chi connectivity index (χ2v) is 9.37. The van der Waals surface area contributed by atoms with Crippen LogP contribution in [0.25, 0.3) is 11.1 Å². The number of aryl methyl sites for hydroxylation is 1. The van der Waals surface area contributed by atoms with Crippen molar-refractivity contribution in [2.24, 2.45) is 0 Å². The Morgan fingerprint density at radius 3 is 2.51 bits per heavy atom. The summed E-state index contributed by atoms with van der Waals surface area (Å²) in [6.07, 6.45) is 2.68. The molecule has 0 aliphatic carbocycles. The number of aromatic carboxylic acids is 1. The maximum absolute atomic E-state index is 17.1. The number of rotatable bonds is 10. The molecule has 2 N–H and O–H groups in total. The Kier molecular flexibility index (Phi) is 7.21. The molecule has 0 amide bonds. The van der Waals surface area contributed by atoms with Gasteiger partial charge in [-0.2, -0.15) is 4.39 Å². The van der Waals surface area contributed by atoms with Gasteiger partial charge in [0.2, 0.25) is 0 Å². The summed E-state index contributed by atoms with van der Waals surface area (Å²) in [4.78, 5) is 31.2. The van der Waals surface area contributed by atoms with Crippen molar-refractivity contribution in [1.29, 1.82) is 0 Å². The third kappa shape index (κ3) is 5.15. The summed E-state index contributed by atoms with van der Waals surface area (Å²) in [6, 6.07) is 14.7. The van der Waals surface area contributed by atoms with E-state index in [1.165, 1.54) is 42.7 Å². The van der Waals surface area contributed by atoms with Crippen LogP contribution in [0.4, 0.5) is 10.1 Å². The monoisotopic (exact) mass is 533 g/mol. The molecular weight excluding hydrogens is 505 g/mol. The van der Waals surface area contributed by atoms with Crippen molar-refractivity contribution in [3.8, 4) is 11.5 Å². The van der Waals surface area contributed by atoms with Gasteiger partial charge in [0.1, 0.15) is 17.5 Å². The Bertz CT molecular complexity index is 1500. The smallest absolute Gasteiger partial charge is 0.373 e. The van der Waals surface area contributed by atoms with Crippen molar-refractivity contribution in [1.82, 2.24) is 9.88 Å². The average Bonchev–Trinajstić information content (AvgIpc) is 3.65. The molecule has 1 aliphatic rings. The first kappa shape index (κ1) is 26.2. The molecule has 1 aliphatic heterocycles. The van der Waals surface area contributed by atoms with Gasteiger partial charge in [-0.1, -0.05) is 18.2 Å². The van der Waals surface area contributed by atoms with Crippen LogP contribution in [-0.2, 0) is 4.79 Å². The van der Waals surface area contributed by atoms with Crippen LogP contribution in [-0.4, -0.2) is 52.9 Å². The highest BCUT2D eigenvalue weighted by Gasteiger charge is 2.52. The fraction of sp³-hybridized carbons (Fsp3) is 0.276. The van der Waals surface area contributed by atoms with Gasteiger partial charge in [-0.3, -0.25) is 4.79 Å². The van der Waals surface area contributed by atoms with Gasteiger partial charge in [0.05, 0.1) is 12.7 Å². The highest BCUT2D eigenvalue weighted by atomic mass is 19.2. The summed E-state index contributed by atoms with van der Waals surface area (Å²) in [5.41, 5.74) is 2.77. The number of methoxy groups -OCH3 is 1. The Labute approximate surface area is 224 Å². The van der Waals surface area contributed by atoms with E-state index in [9.17, 15) is 14.7 Å². The second-order valence-electron chi connectivity index (χ2n) is 9.37. The number of anilines is 1. The maximum Gasteiger partial charge on any atom is 0.373 e. The van der Waals surface area contributed by atoms with Gasteiger partial charge in [-0.15, -0.1) is 0 Å². The van der Waals surface area contributed by atoms with E-state index in [-0.39, 0.29) is 11.3 Å². The molecule has 0 spiro atoms.